The molecule has 0 atom stereocenters. The first-order valence-corrected chi connectivity index (χ1v) is 5.62. The van der Waals surface area contributed by atoms with E-state index in [1.165, 1.54) is 4.90 Å². The largest absolute Gasteiger partial charge is 0.481 e. The molecular formula is C11H17N3O3. The summed E-state index contributed by atoms with van der Waals surface area (Å²) in [7, 11) is 0. The molecule has 6 heteroatoms. The van der Waals surface area contributed by atoms with Gasteiger partial charge in [0, 0.05) is 25.7 Å². The zero-order valence-electron chi connectivity index (χ0n) is 10.1. The summed E-state index contributed by atoms with van der Waals surface area (Å²) in [6, 6.07) is 1.84. The molecule has 1 fully saturated rings. The van der Waals surface area contributed by atoms with Crippen LogP contribution in [0.15, 0.2) is 0 Å². The van der Waals surface area contributed by atoms with E-state index in [1.54, 1.807) is 4.90 Å². The molecule has 2 amide bonds. The van der Waals surface area contributed by atoms with Crippen LogP contribution < -0.4 is 0 Å². The zero-order chi connectivity index (χ0) is 13.0. The monoisotopic (exact) mass is 239 g/mol. The molecule has 0 aromatic heterocycles. The van der Waals surface area contributed by atoms with Gasteiger partial charge in [-0.15, -0.1) is 0 Å². The predicted molar refractivity (Wildman–Crippen MR) is 60.2 cm³/mol. The molecule has 1 rings (SSSR count). The van der Waals surface area contributed by atoms with Crippen molar-refractivity contribution in [2.45, 2.75) is 26.3 Å². The standard InChI is InChI=1S/C11H17N3O3/c1-8(2)14(5-3-4-12)11(17)13-6-9(7-13)10(15)16/h8-9H,3,5-7H2,1-2H3,(H,15,16). The molecule has 0 radical (unpaired) electrons. The van der Waals surface area contributed by atoms with Crippen LogP contribution in [0, 0.1) is 17.2 Å². The maximum atomic E-state index is 12.0. The minimum absolute atomic E-state index is 0.0136. The van der Waals surface area contributed by atoms with Crippen LogP contribution in [0.25, 0.3) is 0 Å². The molecule has 1 saturated heterocycles. The Balaban J connectivity index is 2.50. The number of carboxylic acid groups (broad SMARTS) is 1. The van der Waals surface area contributed by atoms with Gasteiger partial charge < -0.3 is 14.9 Å². The van der Waals surface area contributed by atoms with E-state index in [2.05, 4.69) is 0 Å². The number of hydrogen-bond acceptors (Lipinski definition) is 3. The molecule has 6 nitrogen and oxygen atoms in total. The second-order valence-electron chi connectivity index (χ2n) is 4.42. The fraction of sp³-hybridized carbons (Fsp3) is 0.727. The Kier molecular flexibility index (Phi) is 4.32. The molecule has 0 spiro atoms. The molecule has 0 aromatic rings. The van der Waals surface area contributed by atoms with E-state index in [4.69, 9.17) is 10.4 Å². The van der Waals surface area contributed by atoms with Crippen LogP contribution in [0.4, 0.5) is 4.79 Å². The average molecular weight is 239 g/mol. The van der Waals surface area contributed by atoms with E-state index in [9.17, 15) is 9.59 Å². The minimum atomic E-state index is -0.859. The molecule has 0 bridgehead atoms. The van der Waals surface area contributed by atoms with E-state index in [1.807, 2.05) is 19.9 Å². The molecule has 17 heavy (non-hydrogen) atoms. The van der Waals surface area contributed by atoms with Gasteiger partial charge in [-0.25, -0.2) is 4.79 Å². The number of urea groups is 1. The van der Waals surface area contributed by atoms with Gasteiger partial charge in [-0.2, -0.15) is 5.26 Å². The summed E-state index contributed by atoms with van der Waals surface area (Å²) < 4.78 is 0. The summed E-state index contributed by atoms with van der Waals surface area (Å²) in [4.78, 5) is 25.7. The molecule has 1 heterocycles. The molecule has 1 aliphatic heterocycles. The van der Waals surface area contributed by atoms with Crippen molar-refractivity contribution in [3.05, 3.63) is 0 Å². The summed E-state index contributed by atoms with van der Waals surface area (Å²) in [6.45, 7) is 4.68. The normalized spacial score (nSPS) is 15.3. The number of amides is 2. The van der Waals surface area contributed by atoms with Gasteiger partial charge in [0.2, 0.25) is 0 Å². The SMILES string of the molecule is CC(C)N(CCC#N)C(=O)N1CC(C(=O)O)C1. The summed E-state index contributed by atoms with van der Waals surface area (Å²) in [6.07, 6.45) is 0.292. The number of carboxylic acids is 1. The Hall–Kier alpha value is -1.77. The van der Waals surface area contributed by atoms with Crippen LogP contribution >= 0.6 is 0 Å². The highest BCUT2D eigenvalue weighted by Crippen LogP contribution is 2.18. The minimum Gasteiger partial charge on any atom is -0.481 e. The van der Waals surface area contributed by atoms with Crippen LogP contribution in [0.1, 0.15) is 20.3 Å². The number of carbonyl (C=O) groups is 2. The number of nitrogens with zero attached hydrogens (tertiary/aromatic N) is 3. The van der Waals surface area contributed by atoms with Crippen molar-refractivity contribution in [2.75, 3.05) is 19.6 Å². The molecule has 0 aromatic carbocycles. The van der Waals surface area contributed by atoms with Crippen molar-refractivity contribution in [2.24, 2.45) is 5.92 Å². The molecule has 0 saturated carbocycles. The lowest BCUT2D eigenvalue weighted by Gasteiger charge is -2.41. The Labute approximate surface area is 100 Å². The van der Waals surface area contributed by atoms with Crippen LogP contribution in [-0.2, 0) is 4.79 Å². The summed E-state index contributed by atoms with van der Waals surface area (Å²) in [5.41, 5.74) is 0. The zero-order valence-corrected chi connectivity index (χ0v) is 10.1. The van der Waals surface area contributed by atoms with Crippen LogP contribution in [0.2, 0.25) is 0 Å². The Morgan fingerprint density at radius 3 is 2.53 bits per heavy atom. The van der Waals surface area contributed by atoms with Gasteiger partial charge in [0.15, 0.2) is 0 Å². The Morgan fingerprint density at radius 2 is 2.12 bits per heavy atom. The quantitative estimate of drug-likeness (QED) is 0.784. The van der Waals surface area contributed by atoms with Gasteiger partial charge in [0.25, 0.3) is 0 Å². The third kappa shape index (κ3) is 3.09. The summed E-state index contributed by atoms with van der Waals surface area (Å²) >= 11 is 0. The predicted octanol–water partition coefficient (Wildman–Crippen LogP) is 0.747. The van der Waals surface area contributed by atoms with Crippen LogP contribution in [0.3, 0.4) is 0 Å². The second kappa shape index (κ2) is 5.53. The highest BCUT2D eigenvalue weighted by Gasteiger charge is 2.37. The number of carbonyl (C=O) groups excluding carboxylic acids is 1. The lowest BCUT2D eigenvalue weighted by atomic mass is 10.0. The van der Waals surface area contributed by atoms with Gasteiger partial charge in [0.05, 0.1) is 18.4 Å². The highest BCUT2D eigenvalue weighted by molar-refractivity contribution is 5.80. The Bertz CT molecular complexity index is 342. The molecule has 94 valence electrons. The molecule has 0 aliphatic carbocycles. The third-order valence-electron chi connectivity index (χ3n) is 2.83. The van der Waals surface area contributed by atoms with Crippen molar-refractivity contribution >= 4 is 12.0 Å². The highest BCUT2D eigenvalue weighted by atomic mass is 16.4. The lowest BCUT2D eigenvalue weighted by Crippen LogP contribution is -2.58. The molecule has 1 aliphatic rings. The fourth-order valence-corrected chi connectivity index (χ4v) is 1.72. The maximum absolute atomic E-state index is 12.0. The van der Waals surface area contributed by atoms with Gasteiger partial charge in [0.1, 0.15) is 0 Å². The van der Waals surface area contributed by atoms with Crippen LogP contribution in [0.5, 0.6) is 0 Å². The third-order valence-corrected chi connectivity index (χ3v) is 2.83. The number of nitriles is 1. The number of rotatable bonds is 4. The topological polar surface area (TPSA) is 84.6 Å². The van der Waals surface area contributed by atoms with Crippen molar-refractivity contribution in [1.82, 2.24) is 9.80 Å². The van der Waals surface area contributed by atoms with E-state index < -0.39 is 11.9 Å². The molecular weight excluding hydrogens is 222 g/mol. The molecule has 0 unspecified atom stereocenters. The smallest absolute Gasteiger partial charge is 0.320 e. The number of aliphatic carboxylic acids is 1. The van der Waals surface area contributed by atoms with Gasteiger partial charge >= 0.3 is 12.0 Å². The van der Waals surface area contributed by atoms with Gasteiger partial charge in [-0.1, -0.05) is 0 Å². The van der Waals surface area contributed by atoms with Gasteiger partial charge in [-0.3, -0.25) is 4.79 Å². The van der Waals surface area contributed by atoms with Gasteiger partial charge in [-0.05, 0) is 13.8 Å². The second-order valence-corrected chi connectivity index (χ2v) is 4.42. The van der Waals surface area contributed by atoms with E-state index in [0.717, 1.165) is 0 Å². The van der Waals surface area contributed by atoms with E-state index in [-0.39, 0.29) is 25.2 Å². The summed E-state index contributed by atoms with van der Waals surface area (Å²) in [5.74, 6) is -1.30. The van der Waals surface area contributed by atoms with E-state index >= 15 is 0 Å². The maximum Gasteiger partial charge on any atom is 0.320 e. The van der Waals surface area contributed by atoms with Crippen molar-refractivity contribution in [3.8, 4) is 6.07 Å². The number of hydrogen-bond donors (Lipinski definition) is 1. The van der Waals surface area contributed by atoms with Crippen molar-refractivity contribution < 1.29 is 14.7 Å². The van der Waals surface area contributed by atoms with Crippen LogP contribution in [-0.4, -0.2) is 52.6 Å². The first-order chi connectivity index (χ1) is 7.97. The first kappa shape index (κ1) is 13.3. The number of likely N-dealkylation sites (tertiary alicyclic amines) is 1. The average Bonchev–Trinajstić information content (AvgIpc) is 2.14. The van der Waals surface area contributed by atoms with Crippen molar-refractivity contribution in [3.63, 3.8) is 0 Å². The summed E-state index contributed by atoms with van der Waals surface area (Å²) in [5, 5.41) is 17.3. The first-order valence-electron chi connectivity index (χ1n) is 5.62. The Morgan fingerprint density at radius 1 is 1.53 bits per heavy atom. The van der Waals surface area contributed by atoms with E-state index in [0.29, 0.717) is 13.0 Å². The van der Waals surface area contributed by atoms with Crippen molar-refractivity contribution in [1.29, 1.82) is 5.26 Å². The lowest BCUT2D eigenvalue weighted by molar-refractivity contribution is -0.146. The molecule has 1 N–H and O–H groups in total. The fourth-order valence-electron chi connectivity index (χ4n) is 1.72.